The van der Waals surface area contributed by atoms with Gasteiger partial charge in [0.25, 0.3) is 0 Å². The second kappa shape index (κ2) is 8.71. The number of ether oxygens (including phenoxy) is 2. The number of carboxylic acid groups (broad SMARTS) is 1. The van der Waals surface area contributed by atoms with Crippen LogP contribution < -0.4 is 0 Å². The molecule has 0 saturated carbocycles. The van der Waals surface area contributed by atoms with E-state index >= 15 is 0 Å². The number of aliphatic carboxylic acids is 1. The number of hydrogen-bond donors (Lipinski definition) is 1. The highest BCUT2D eigenvalue weighted by Gasteiger charge is 2.39. The van der Waals surface area contributed by atoms with E-state index in [1.165, 1.54) is 0 Å². The van der Waals surface area contributed by atoms with Gasteiger partial charge in [-0.3, -0.25) is 9.69 Å². The molecule has 7 nitrogen and oxygen atoms in total. The molecule has 0 radical (unpaired) electrons. The van der Waals surface area contributed by atoms with E-state index in [9.17, 15) is 14.7 Å². The molecule has 0 aromatic heterocycles. The van der Waals surface area contributed by atoms with E-state index in [1.54, 1.807) is 4.90 Å². The van der Waals surface area contributed by atoms with E-state index in [-0.39, 0.29) is 31.4 Å². The number of hydrogen-bond acceptors (Lipinski definition) is 5. The van der Waals surface area contributed by atoms with E-state index in [1.807, 2.05) is 44.2 Å². The Morgan fingerprint density at radius 2 is 1.78 bits per heavy atom. The normalized spacial score (nSPS) is 29.3. The minimum Gasteiger partial charge on any atom is -0.481 e. The van der Waals surface area contributed by atoms with Crippen LogP contribution in [-0.2, 0) is 20.9 Å². The van der Waals surface area contributed by atoms with Crippen molar-refractivity contribution in [2.75, 3.05) is 26.2 Å². The Bertz CT molecular complexity index is 643. The Morgan fingerprint density at radius 3 is 2.41 bits per heavy atom. The SMILES string of the molecule is C[C@@H]1CN([C@@H]2C[C@H](C(=O)O)CN(C(=O)OCc3ccccc3)C2)C[C@H](C)O1. The zero-order chi connectivity index (χ0) is 19.4. The summed E-state index contributed by atoms with van der Waals surface area (Å²) in [5, 5.41) is 9.54. The number of piperidine rings is 1. The van der Waals surface area contributed by atoms with Crippen LogP contribution in [0, 0.1) is 5.92 Å². The van der Waals surface area contributed by atoms with Gasteiger partial charge >= 0.3 is 12.1 Å². The van der Waals surface area contributed by atoms with Crippen molar-refractivity contribution in [2.45, 2.75) is 45.1 Å². The summed E-state index contributed by atoms with van der Waals surface area (Å²) in [5.41, 5.74) is 0.907. The highest BCUT2D eigenvalue weighted by Crippen LogP contribution is 2.25. The summed E-state index contributed by atoms with van der Waals surface area (Å²) in [6.45, 7) is 6.39. The average Bonchev–Trinajstić information content (AvgIpc) is 2.65. The van der Waals surface area contributed by atoms with Gasteiger partial charge in [0.05, 0.1) is 18.1 Å². The second-order valence-electron chi connectivity index (χ2n) is 7.58. The Hall–Kier alpha value is -2.12. The Balaban J connectivity index is 1.65. The van der Waals surface area contributed by atoms with Gasteiger partial charge in [-0.25, -0.2) is 4.79 Å². The van der Waals surface area contributed by atoms with E-state index in [4.69, 9.17) is 9.47 Å². The molecule has 2 aliphatic rings. The van der Waals surface area contributed by atoms with Crippen LogP contribution in [0.3, 0.4) is 0 Å². The lowest BCUT2D eigenvalue weighted by Crippen LogP contribution is -2.58. The molecule has 1 aromatic rings. The zero-order valence-corrected chi connectivity index (χ0v) is 15.9. The third-order valence-electron chi connectivity index (χ3n) is 5.21. The highest BCUT2D eigenvalue weighted by molar-refractivity contribution is 5.73. The monoisotopic (exact) mass is 376 g/mol. The first-order chi connectivity index (χ1) is 12.9. The third-order valence-corrected chi connectivity index (χ3v) is 5.21. The largest absolute Gasteiger partial charge is 0.481 e. The second-order valence-corrected chi connectivity index (χ2v) is 7.58. The number of likely N-dealkylation sites (tertiary alicyclic amines) is 1. The molecule has 2 saturated heterocycles. The molecule has 2 heterocycles. The number of carboxylic acids is 1. The van der Waals surface area contributed by atoms with Gasteiger partial charge in [0.1, 0.15) is 6.61 Å². The summed E-state index contributed by atoms with van der Waals surface area (Å²) in [6.07, 6.45) is 0.274. The topological polar surface area (TPSA) is 79.3 Å². The van der Waals surface area contributed by atoms with E-state index in [2.05, 4.69) is 4.90 Å². The molecule has 2 fully saturated rings. The van der Waals surface area contributed by atoms with Crippen LogP contribution in [0.1, 0.15) is 25.8 Å². The molecule has 2 aliphatic heterocycles. The fourth-order valence-electron chi connectivity index (χ4n) is 3.99. The maximum atomic E-state index is 12.6. The highest BCUT2D eigenvalue weighted by atomic mass is 16.6. The molecule has 27 heavy (non-hydrogen) atoms. The lowest BCUT2D eigenvalue weighted by molar-refractivity contribution is -0.145. The number of amides is 1. The number of nitrogens with zero attached hydrogens (tertiary/aromatic N) is 2. The molecule has 0 spiro atoms. The maximum absolute atomic E-state index is 12.6. The Morgan fingerprint density at radius 1 is 1.11 bits per heavy atom. The first-order valence-electron chi connectivity index (χ1n) is 9.50. The summed E-state index contributed by atoms with van der Waals surface area (Å²) in [4.78, 5) is 28.0. The van der Waals surface area contributed by atoms with Crippen molar-refractivity contribution >= 4 is 12.1 Å². The van der Waals surface area contributed by atoms with Crippen molar-refractivity contribution < 1.29 is 24.2 Å². The fourth-order valence-corrected chi connectivity index (χ4v) is 3.99. The lowest BCUT2D eigenvalue weighted by Gasteiger charge is -2.45. The van der Waals surface area contributed by atoms with E-state index in [0.717, 1.165) is 18.7 Å². The van der Waals surface area contributed by atoms with Crippen LogP contribution in [0.2, 0.25) is 0 Å². The van der Waals surface area contributed by atoms with Crippen molar-refractivity contribution in [1.82, 2.24) is 9.80 Å². The smallest absolute Gasteiger partial charge is 0.410 e. The maximum Gasteiger partial charge on any atom is 0.410 e. The van der Waals surface area contributed by atoms with Crippen molar-refractivity contribution in [2.24, 2.45) is 5.92 Å². The summed E-state index contributed by atoms with van der Waals surface area (Å²) >= 11 is 0. The van der Waals surface area contributed by atoms with Crippen LogP contribution in [0.4, 0.5) is 4.79 Å². The van der Waals surface area contributed by atoms with Crippen molar-refractivity contribution in [3.05, 3.63) is 35.9 Å². The molecule has 1 aromatic carbocycles. The fraction of sp³-hybridized carbons (Fsp3) is 0.600. The molecule has 0 aliphatic carbocycles. The van der Waals surface area contributed by atoms with Crippen molar-refractivity contribution in [3.8, 4) is 0 Å². The van der Waals surface area contributed by atoms with Gasteiger partial charge in [0, 0.05) is 32.2 Å². The van der Waals surface area contributed by atoms with E-state index < -0.39 is 18.0 Å². The minimum atomic E-state index is -0.866. The number of carbonyl (C=O) groups excluding carboxylic acids is 1. The van der Waals surface area contributed by atoms with Crippen molar-refractivity contribution in [3.63, 3.8) is 0 Å². The summed E-state index contributed by atoms with van der Waals surface area (Å²) < 4.78 is 11.2. The van der Waals surface area contributed by atoms with E-state index in [0.29, 0.717) is 13.0 Å². The predicted octanol–water partition coefficient (Wildman–Crippen LogP) is 2.21. The predicted molar refractivity (Wildman–Crippen MR) is 99.3 cm³/mol. The van der Waals surface area contributed by atoms with Gasteiger partial charge in [-0.1, -0.05) is 30.3 Å². The first-order valence-corrected chi connectivity index (χ1v) is 9.50. The molecule has 1 amide bonds. The summed E-state index contributed by atoms with van der Waals surface area (Å²) in [6, 6.07) is 9.47. The first kappa shape index (κ1) is 19.6. The molecule has 0 bridgehead atoms. The molecule has 7 heteroatoms. The van der Waals surface area contributed by atoms with Crippen LogP contribution >= 0.6 is 0 Å². The minimum absolute atomic E-state index is 0.00192. The third kappa shape index (κ3) is 5.20. The van der Waals surface area contributed by atoms with Gasteiger partial charge in [0.2, 0.25) is 0 Å². The van der Waals surface area contributed by atoms with Crippen LogP contribution in [0.15, 0.2) is 30.3 Å². The van der Waals surface area contributed by atoms with Crippen LogP contribution in [0.5, 0.6) is 0 Å². The number of rotatable bonds is 4. The van der Waals surface area contributed by atoms with Crippen molar-refractivity contribution in [1.29, 1.82) is 0 Å². The van der Waals surface area contributed by atoms with Gasteiger partial charge in [-0.2, -0.15) is 0 Å². The Labute approximate surface area is 159 Å². The summed E-state index contributed by atoms with van der Waals surface area (Å²) in [5.74, 6) is -1.45. The quantitative estimate of drug-likeness (QED) is 0.868. The number of carbonyl (C=O) groups is 2. The standard InChI is InChI=1S/C20H28N2O5/c1-14-9-21(10-15(2)27-14)18-8-17(19(23)24)11-22(12-18)20(25)26-13-16-6-4-3-5-7-16/h3-7,14-15,17-18H,8-13H2,1-2H3,(H,23,24)/t14-,15+,17-,18+/m0/s1. The molecular weight excluding hydrogens is 348 g/mol. The van der Waals surface area contributed by atoms with Gasteiger partial charge in [0.15, 0.2) is 0 Å². The summed E-state index contributed by atoms with van der Waals surface area (Å²) in [7, 11) is 0. The van der Waals surface area contributed by atoms with Gasteiger partial charge in [-0.15, -0.1) is 0 Å². The molecular formula is C20H28N2O5. The molecule has 1 N–H and O–H groups in total. The average molecular weight is 376 g/mol. The molecule has 4 atom stereocenters. The van der Waals surface area contributed by atoms with Gasteiger partial charge < -0.3 is 19.5 Å². The Kier molecular flexibility index (Phi) is 6.34. The zero-order valence-electron chi connectivity index (χ0n) is 15.9. The molecule has 148 valence electrons. The lowest BCUT2D eigenvalue weighted by atomic mass is 9.92. The van der Waals surface area contributed by atoms with Crippen LogP contribution in [0.25, 0.3) is 0 Å². The van der Waals surface area contributed by atoms with Crippen LogP contribution in [-0.4, -0.2) is 71.4 Å². The van der Waals surface area contributed by atoms with Gasteiger partial charge in [-0.05, 0) is 25.8 Å². The number of morpholine rings is 1. The molecule has 3 rings (SSSR count). The molecule has 0 unspecified atom stereocenters. The number of benzene rings is 1.